The minimum Gasteiger partial charge on any atom is -0.478 e. The molecule has 0 fully saturated rings. The Morgan fingerprint density at radius 3 is 2.53 bits per heavy atom. The maximum absolute atomic E-state index is 15.1. The van der Waals surface area contributed by atoms with E-state index in [1.165, 1.54) is 24.4 Å². The van der Waals surface area contributed by atoms with Crippen molar-refractivity contribution in [3.05, 3.63) is 83.8 Å². The number of hydrogen-bond donors (Lipinski definition) is 2. The van der Waals surface area contributed by atoms with Crippen LogP contribution in [0.15, 0.2) is 76.2 Å². The van der Waals surface area contributed by atoms with E-state index >= 15 is 4.39 Å². The molecule has 5 rings (SSSR count). The van der Waals surface area contributed by atoms with Gasteiger partial charge in [0.1, 0.15) is 5.82 Å². The molecule has 0 aliphatic rings. The van der Waals surface area contributed by atoms with Crippen LogP contribution in [0.25, 0.3) is 33.5 Å². The van der Waals surface area contributed by atoms with E-state index in [2.05, 4.69) is 15.5 Å². The van der Waals surface area contributed by atoms with E-state index in [1.54, 1.807) is 30.3 Å². The number of benzene rings is 3. The summed E-state index contributed by atoms with van der Waals surface area (Å²) in [6.07, 6.45) is 2.16. The number of aromatic carboxylic acids is 1. The highest BCUT2D eigenvalue weighted by Gasteiger charge is 2.24. The fraction of sp³-hybridized carbons (Fsp3) is 0.148. The number of carboxylic acids is 1. The highest BCUT2D eigenvalue weighted by atomic mass is 32.2. The van der Waals surface area contributed by atoms with Crippen LogP contribution in [0.5, 0.6) is 0 Å². The number of hydrogen-bond acceptors (Lipinski definition) is 7. The second-order valence-corrected chi connectivity index (χ2v) is 10.5. The van der Waals surface area contributed by atoms with Gasteiger partial charge in [0.25, 0.3) is 10.0 Å². The smallest absolute Gasteiger partial charge is 0.335 e. The summed E-state index contributed by atoms with van der Waals surface area (Å²) in [6, 6.07) is 14.8. The Balaban J connectivity index is 1.74. The average Bonchev–Trinajstić information content (AvgIpc) is 3.53. The molecule has 0 amide bonds. The lowest BCUT2D eigenvalue weighted by Gasteiger charge is -2.08. The van der Waals surface area contributed by atoms with Crippen molar-refractivity contribution in [2.75, 3.05) is 11.9 Å². The summed E-state index contributed by atoms with van der Waals surface area (Å²) in [5.41, 5.74) is 1.65. The molecule has 0 unspecified atom stereocenters. The van der Waals surface area contributed by atoms with Crippen LogP contribution in [-0.4, -0.2) is 40.2 Å². The topological polar surface area (TPSA) is 127 Å². The van der Waals surface area contributed by atoms with Crippen molar-refractivity contribution in [2.45, 2.75) is 25.2 Å². The molecule has 0 bridgehead atoms. The van der Waals surface area contributed by atoms with Gasteiger partial charge in [-0.2, -0.15) is 0 Å². The van der Waals surface area contributed by atoms with Crippen LogP contribution >= 0.6 is 0 Å². The van der Waals surface area contributed by atoms with Crippen molar-refractivity contribution < 1.29 is 27.1 Å². The van der Waals surface area contributed by atoms with Gasteiger partial charge < -0.3 is 14.8 Å². The lowest BCUT2D eigenvalue weighted by atomic mass is 10.0. The van der Waals surface area contributed by atoms with Gasteiger partial charge in [0.05, 0.1) is 16.0 Å². The Labute approximate surface area is 217 Å². The van der Waals surface area contributed by atoms with E-state index in [1.807, 2.05) is 13.8 Å². The third-order valence-corrected chi connectivity index (χ3v) is 7.74. The van der Waals surface area contributed by atoms with Crippen molar-refractivity contribution in [1.82, 2.24) is 14.2 Å². The second-order valence-electron chi connectivity index (χ2n) is 8.73. The van der Waals surface area contributed by atoms with E-state index in [4.69, 9.17) is 4.42 Å². The van der Waals surface area contributed by atoms with Gasteiger partial charge in [0, 0.05) is 34.8 Å². The Hall–Kier alpha value is -4.51. The number of aryl methyl sites for hydroxylation is 1. The van der Waals surface area contributed by atoms with Crippen molar-refractivity contribution in [3.8, 4) is 22.6 Å². The van der Waals surface area contributed by atoms with Gasteiger partial charge in [0.2, 0.25) is 5.89 Å². The Kier molecular flexibility index (Phi) is 6.45. The zero-order valence-corrected chi connectivity index (χ0v) is 21.3. The average molecular weight is 535 g/mol. The standard InChI is InChI=1S/C27H23FN4O5S/c1-3-12-29-27-31-30-25(37-27)17-7-11-24-21(13-17)22(20-14-18(26(33)34)6-10-23(20)28)15-32(24)38(35,36)19-8-4-16(2)5-9-19/h4-11,13-15H,3,12H2,1-2H3,(H,29,31)(H,33,34). The first-order chi connectivity index (χ1) is 18.2. The molecule has 194 valence electrons. The van der Waals surface area contributed by atoms with Crippen LogP contribution in [0.4, 0.5) is 10.4 Å². The fourth-order valence-electron chi connectivity index (χ4n) is 4.08. The van der Waals surface area contributed by atoms with Gasteiger partial charge in [-0.3, -0.25) is 0 Å². The number of rotatable bonds is 8. The fourth-order valence-corrected chi connectivity index (χ4v) is 5.45. The van der Waals surface area contributed by atoms with E-state index in [0.29, 0.717) is 17.5 Å². The number of aromatic nitrogens is 3. The number of nitrogens with one attached hydrogen (secondary N) is 1. The summed E-state index contributed by atoms with van der Waals surface area (Å²) >= 11 is 0. The van der Waals surface area contributed by atoms with Crippen LogP contribution in [0.3, 0.4) is 0 Å². The minimum atomic E-state index is -4.08. The molecular formula is C27H23FN4O5S. The third kappa shape index (κ3) is 4.52. The van der Waals surface area contributed by atoms with Crippen molar-refractivity contribution in [1.29, 1.82) is 0 Å². The molecule has 0 saturated heterocycles. The minimum absolute atomic E-state index is 0.0546. The molecule has 38 heavy (non-hydrogen) atoms. The molecule has 2 N–H and O–H groups in total. The van der Waals surface area contributed by atoms with Crippen LogP contribution in [0.1, 0.15) is 29.3 Å². The van der Waals surface area contributed by atoms with E-state index in [0.717, 1.165) is 28.1 Å². The molecule has 9 nitrogen and oxygen atoms in total. The number of carboxylic acid groups (broad SMARTS) is 1. The Bertz CT molecular complexity index is 1780. The molecule has 0 saturated carbocycles. The summed E-state index contributed by atoms with van der Waals surface area (Å²) in [7, 11) is -4.08. The zero-order valence-electron chi connectivity index (χ0n) is 20.5. The quantitative estimate of drug-likeness (QED) is 0.265. The second kappa shape index (κ2) is 9.75. The van der Waals surface area contributed by atoms with E-state index in [-0.39, 0.29) is 39.0 Å². The zero-order chi connectivity index (χ0) is 27.0. The first-order valence-corrected chi connectivity index (χ1v) is 13.2. The number of carbonyl (C=O) groups is 1. The molecule has 0 aliphatic carbocycles. The summed E-state index contributed by atoms with van der Waals surface area (Å²) in [5.74, 6) is -1.75. The highest BCUT2D eigenvalue weighted by molar-refractivity contribution is 7.90. The summed E-state index contributed by atoms with van der Waals surface area (Å²) in [5, 5.41) is 20.9. The van der Waals surface area contributed by atoms with Crippen molar-refractivity contribution in [2.24, 2.45) is 0 Å². The maximum Gasteiger partial charge on any atom is 0.335 e. The highest BCUT2D eigenvalue weighted by Crippen LogP contribution is 2.37. The van der Waals surface area contributed by atoms with Gasteiger partial charge in [-0.1, -0.05) is 29.7 Å². The summed E-state index contributed by atoms with van der Waals surface area (Å²) in [4.78, 5) is 11.7. The molecule has 0 spiro atoms. The van der Waals surface area contributed by atoms with E-state index in [9.17, 15) is 18.3 Å². The molecule has 5 aromatic rings. The molecular weight excluding hydrogens is 511 g/mol. The number of anilines is 1. The van der Waals surface area contributed by atoms with Gasteiger partial charge in [-0.15, -0.1) is 5.10 Å². The molecule has 2 heterocycles. The lowest BCUT2D eigenvalue weighted by molar-refractivity contribution is 0.0697. The lowest BCUT2D eigenvalue weighted by Crippen LogP contribution is -2.11. The van der Waals surface area contributed by atoms with Gasteiger partial charge in [0.15, 0.2) is 0 Å². The molecule has 0 atom stereocenters. The van der Waals surface area contributed by atoms with Crippen molar-refractivity contribution in [3.63, 3.8) is 0 Å². The Morgan fingerprint density at radius 2 is 1.82 bits per heavy atom. The molecule has 3 aromatic carbocycles. The largest absolute Gasteiger partial charge is 0.478 e. The number of nitrogens with zero attached hydrogens (tertiary/aromatic N) is 3. The van der Waals surface area contributed by atoms with Crippen LogP contribution < -0.4 is 5.32 Å². The molecule has 2 aromatic heterocycles. The van der Waals surface area contributed by atoms with Crippen LogP contribution in [-0.2, 0) is 10.0 Å². The molecule has 0 radical (unpaired) electrons. The van der Waals surface area contributed by atoms with Gasteiger partial charge in [-0.25, -0.2) is 21.6 Å². The normalized spacial score (nSPS) is 11.7. The molecule has 11 heteroatoms. The van der Waals surface area contributed by atoms with Gasteiger partial charge in [-0.05, 0) is 61.9 Å². The summed E-state index contributed by atoms with van der Waals surface area (Å²) in [6.45, 7) is 4.48. The maximum atomic E-state index is 15.1. The summed E-state index contributed by atoms with van der Waals surface area (Å²) < 4.78 is 49.1. The predicted octanol–water partition coefficient (Wildman–Crippen LogP) is 5.56. The van der Waals surface area contributed by atoms with Crippen LogP contribution in [0.2, 0.25) is 0 Å². The monoisotopic (exact) mass is 534 g/mol. The third-order valence-electron chi connectivity index (χ3n) is 6.05. The predicted molar refractivity (Wildman–Crippen MR) is 140 cm³/mol. The molecule has 0 aliphatic heterocycles. The van der Waals surface area contributed by atoms with Crippen LogP contribution in [0, 0.1) is 12.7 Å². The SMILES string of the molecule is CCCNc1nnc(-c2ccc3c(c2)c(-c2cc(C(=O)O)ccc2F)cn3S(=O)(=O)c2ccc(C)cc2)o1. The first kappa shape index (κ1) is 25.2. The van der Waals surface area contributed by atoms with E-state index < -0.39 is 21.8 Å². The number of fused-ring (bicyclic) bond motifs is 1. The van der Waals surface area contributed by atoms with Gasteiger partial charge >= 0.3 is 12.0 Å². The Morgan fingerprint density at radius 1 is 1.05 bits per heavy atom. The number of halogens is 1. The first-order valence-electron chi connectivity index (χ1n) is 11.8. The van der Waals surface area contributed by atoms with Crippen molar-refractivity contribution >= 4 is 32.9 Å².